The zero-order chi connectivity index (χ0) is 32.3. The molecule has 3 fully saturated rings. The van der Waals surface area contributed by atoms with Gasteiger partial charge in [0.1, 0.15) is 0 Å². The minimum Gasteiger partial charge on any atom is -0.436 e. The van der Waals surface area contributed by atoms with E-state index < -0.39 is 12.2 Å². The lowest BCUT2D eigenvalue weighted by molar-refractivity contribution is -0.142. The van der Waals surface area contributed by atoms with Crippen LogP contribution >= 0.6 is 0 Å². The minimum absolute atomic E-state index is 0.0392. The molecule has 0 spiro atoms. The molecule has 0 aliphatic carbocycles. The Morgan fingerprint density at radius 1 is 0.894 bits per heavy atom. The Bertz CT molecular complexity index is 1580. The summed E-state index contributed by atoms with van der Waals surface area (Å²) in [5, 5.41) is 7.44. The van der Waals surface area contributed by atoms with Gasteiger partial charge in [0.25, 0.3) is 5.91 Å². The van der Waals surface area contributed by atoms with Gasteiger partial charge in [0.2, 0.25) is 0 Å². The number of hydrogen-bond acceptors (Lipinski definition) is 6. The number of ether oxygens (including phenoxy) is 1. The monoisotopic (exact) mass is 641 g/mol. The molecule has 4 aliphatic rings. The molecule has 2 aromatic heterocycles. The molecule has 3 saturated heterocycles. The summed E-state index contributed by atoms with van der Waals surface area (Å²) >= 11 is 0. The Hall–Kier alpha value is -4.12. The third-order valence-corrected chi connectivity index (χ3v) is 10.7. The molecule has 6 heterocycles. The summed E-state index contributed by atoms with van der Waals surface area (Å²) in [6.45, 7) is 7.26. The molecule has 11 nitrogen and oxygen atoms in total. The molecule has 0 radical (unpaired) electrons. The van der Waals surface area contributed by atoms with Gasteiger partial charge in [-0.25, -0.2) is 14.1 Å². The predicted molar refractivity (Wildman–Crippen MR) is 179 cm³/mol. The average Bonchev–Trinajstić information content (AvgIpc) is 3.52. The first-order valence-electron chi connectivity index (χ1n) is 17.5. The van der Waals surface area contributed by atoms with Crippen LogP contribution in [0.1, 0.15) is 61.8 Å². The fourth-order valence-electron chi connectivity index (χ4n) is 8.02. The van der Waals surface area contributed by atoms with E-state index in [1.807, 2.05) is 57.6 Å². The fourth-order valence-corrected chi connectivity index (χ4v) is 8.02. The first-order valence-corrected chi connectivity index (χ1v) is 17.5. The molecule has 11 heteroatoms. The fraction of sp³-hybridized carbons (Fsp3) is 0.556. The van der Waals surface area contributed by atoms with Crippen LogP contribution in [0.3, 0.4) is 0 Å². The second-order valence-electron chi connectivity index (χ2n) is 13.7. The molecule has 47 heavy (non-hydrogen) atoms. The number of aromatic nitrogens is 2. The van der Waals surface area contributed by atoms with E-state index >= 15 is 0 Å². The van der Waals surface area contributed by atoms with Gasteiger partial charge in [0.15, 0.2) is 6.10 Å². The highest BCUT2D eigenvalue weighted by atomic mass is 16.6. The number of hydrogen-bond donors (Lipinski definition) is 1. The van der Waals surface area contributed by atoms with Crippen molar-refractivity contribution in [3.05, 3.63) is 65.5 Å². The quantitative estimate of drug-likeness (QED) is 0.418. The SMILES string of the molecule is Cc1cc(C[C@@H](OC(=O)N2CCC(N3CCc4ccccc4NC3=O)CC2)C(=O)N2CCC(N3CCCCC3)CC2)cc2ccnn12. The van der Waals surface area contributed by atoms with E-state index in [9.17, 15) is 14.4 Å². The van der Waals surface area contributed by atoms with Crippen LogP contribution in [0.25, 0.3) is 5.52 Å². The van der Waals surface area contributed by atoms with E-state index in [2.05, 4.69) is 21.4 Å². The molecule has 1 N–H and O–H groups in total. The summed E-state index contributed by atoms with van der Waals surface area (Å²) in [5.41, 5.74) is 4.86. The highest BCUT2D eigenvalue weighted by Gasteiger charge is 2.36. The summed E-state index contributed by atoms with van der Waals surface area (Å²) in [4.78, 5) is 48.9. The van der Waals surface area contributed by atoms with Gasteiger partial charge in [-0.3, -0.25) is 4.79 Å². The van der Waals surface area contributed by atoms with Crippen molar-refractivity contribution in [1.82, 2.24) is 29.2 Å². The van der Waals surface area contributed by atoms with Crippen molar-refractivity contribution in [3.8, 4) is 0 Å². The maximum absolute atomic E-state index is 14.1. The van der Waals surface area contributed by atoms with Crippen molar-refractivity contribution in [3.63, 3.8) is 0 Å². The van der Waals surface area contributed by atoms with Crippen LogP contribution < -0.4 is 5.32 Å². The molecule has 0 bridgehead atoms. The molecule has 1 aromatic carbocycles. The predicted octanol–water partition coefficient (Wildman–Crippen LogP) is 4.72. The maximum Gasteiger partial charge on any atom is 0.410 e. The maximum atomic E-state index is 14.1. The van der Waals surface area contributed by atoms with Crippen molar-refractivity contribution in [2.24, 2.45) is 0 Å². The topological polar surface area (TPSA) is 103 Å². The summed E-state index contributed by atoms with van der Waals surface area (Å²) < 4.78 is 7.99. The van der Waals surface area contributed by atoms with Crippen LogP contribution in [0, 0.1) is 6.92 Å². The highest BCUT2D eigenvalue weighted by Crippen LogP contribution is 2.26. The Balaban J connectivity index is 1.00. The third kappa shape index (κ3) is 6.95. The lowest BCUT2D eigenvalue weighted by Gasteiger charge is -2.41. The molecular weight excluding hydrogens is 594 g/mol. The van der Waals surface area contributed by atoms with Crippen molar-refractivity contribution < 1.29 is 19.1 Å². The highest BCUT2D eigenvalue weighted by molar-refractivity contribution is 5.91. The van der Waals surface area contributed by atoms with E-state index in [0.717, 1.165) is 60.4 Å². The van der Waals surface area contributed by atoms with Gasteiger partial charge in [0.05, 0.1) is 5.52 Å². The molecule has 7 rings (SSSR count). The van der Waals surface area contributed by atoms with Gasteiger partial charge in [-0.1, -0.05) is 24.6 Å². The van der Waals surface area contributed by atoms with Crippen molar-refractivity contribution in [2.45, 2.75) is 82.9 Å². The molecule has 4 aliphatic heterocycles. The number of para-hydroxylation sites is 1. The number of anilines is 1. The van der Waals surface area contributed by atoms with Crippen LogP contribution in [0.4, 0.5) is 15.3 Å². The number of pyridine rings is 1. The van der Waals surface area contributed by atoms with Gasteiger partial charge in [0, 0.05) is 68.8 Å². The number of amides is 4. The number of carbonyl (C=O) groups is 3. The average molecular weight is 642 g/mol. The molecular formula is C36H47N7O4. The Morgan fingerprint density at radius 2 is 1.62 bits per heavy atom. The Morgan fingerprint density at radius 3 is 2.40 bits per heavy atom. The minimum atomic E-state index is -0.911. The van der Waals surface area contributed by atoms with Crippen molar-refractivity contribution in [2.75, 3.05) is 51.1 Å². The number of likely N-dealkylation sites (tertiary alicyclic amines) is 3. The zero-order valence-electron chi connectivity index (χ0n) is 27.5. The van der Waals surface area contributed by atoms with Crippen LogP contribution in [0.15, 0.2) is 48.7 Å². The smallest absolute Gasteiger partial charge is 0.410 e. The van der Waals surface area contributed by atoms with Crippen LogP contribution in [-0.2, 0) is 22.4 Å². The van der Waals surface area contributed by atoms with Crippen LogP contribution in [-0.4, -0.2) is 111 Å². The van der Waals surface area contributed by atoms with Crippen LogP contribution in [0.5, 0.6) is 0 Å². The normalized spacial score (nSPS) is 20.9. The number of rotatable bonds is 6. The van der Waals surface area contributed by atoms with Crippen molar-refractivity contribution in [1.29, 1.82) is 0 Å². The van der Waals surface area contributed by atoms with E-state index in [4.69, 9.17) is 4.74 Å². The zero-order valence-corrected chi connectivity index (χ0v) is 27.5. The first kappa shape index (κ1) is 31.5. The van der Waals surface area contributed by atoms with E-state index in [0.29, 0.717) is 58.0 Å². The van der Waals surface area contributed by atoms with Gasteiger partial charge in [-0.05, 0) is 100 Å². The lowest BCUT2D eigenvalue weighted by atomic mass is 9.99. The number of benzene rings is 1. The summed E-state index contributed by atoms with van der Waals surface area (Å²) in [5.74, 6) is -0.114. The number of nitrogens with zero attached hydrogens (tertiary/aromatic N) is 6. The van der Waals surface area contributed by atoms with Gasteiger partial charge < -0.3 is 29.7 Å². The van der Waals surface area contributed by atoms with Gasteiger partial charge in [-0.2, -0.15) is 5.10 Å². The van der Waals surface area contributed by atoms with E-state index in [1.165, 1.54) is 19.3 Å². The van der Waals surface area contributed by atoms with Gasteiger partial charge in [-0.15, -0.1) is 0 Å². The van der Waals surface area contributed by atoms with Crippen LogP contribution in [0.2, 0.25) is 0 Å². The van der Waals surface area contributed by atoms with Crippen molar-refractivity contribution >= 4 is 29.2 Å². The molecule has 250 valence electrons. The number of urea groups is 1. The number of nitrogens with one attached hydrogen (secondary N) is 1. The molecule has 0 unspecified atom stereocenters. The molecule has 4 amide bonds. The number of carbonyl (C=O) groups excluding carboxylic acids is 3. The second kappa shape index (κ2) is 13.9. The summed E-state index contributed by atoms with van der Waals surface area (Å²) in [6.07, 6.45) is 8.56. The number of aryl methyl sites for hydroxylation is 1. The van der Waals surface area contributed by atoms with E-state index in [-0.39, 0.29) is 18.0 Å². The largest absolute Gasteiger partial charge is 0.436 e. The summed E-state index contributed by atoms with van der Waals surface area (Å²) in [6, 6.07) is 14.4. The number of piperidine rings is 3. The first-order chi connectivity index (χ1) is 22.9. The number of fused-ring (bicyclic) bond motifs is 2. The Labute approximate surface area is 276 Å². The second-order valence-corrected chi connectivity index (χ2v) is 13.7. The Kier molecular flexibility index (Phi) is 9.33. The lowest BCUT2D eigenvalue weighted by Crippen LogP contribution is -2.53. The van der Waals surface area contributed by atoms with Gasteiger partial charge >= 0.3 is 12.1 Å². The third-order valence-electron chi connectivity index (χ3n) is 10.7. The molecule has 3 aromatic rings. The molecule has 0 saturated carbocycles. The standard InChI is InChI=1S/C36H47N7O4/c1-26-23-27(24-31-9-15-37-43(26)31)25-33(34(44)40-18-11-29(12-19-40)39-16-5-2-6-17-39)47-36(46)41-20-13-30(14-21-41)42-22-10-28-7-3-4-8-32(28)38-35(42)45/h3-4,7-9,15,23-24,29-30,33H,2,5-6,10-14,16-22,25H2,1H3,(H,38,45)/t33-/m1/s1. The summed E-state index contributed by atoms with van der Waals surface area (Å²) in [7, 11) is 0. The van der Waals surface area contributed by atoms with E-state index in [1.54, 1.807) is 11.1 Å². The molecule has 1 atom stereocenters.